The van der Waals surface area contributed by atoms with Crippen LogP contribution in [-0.4, -0.2) is 39.5 Å². The summed E-state index contributed by atoms with van der Waals surface area (Å²) in [5, 5.41) is 19.0. The lowest BCUT2D eigenvalue weighted by atomic mass is 9.86. The summed E-state index contributed by atoms with van der Waals surface area (Å²) in [5.74, 6) is -1.73. The lowest BCUT2D eigenvalue weighted by Crippen LogP contribution is -2.43. The number of fused-ring (bicyclic) bond motifs is 1. The van der Waals surface area contributed by atoms with E-state index in [0.29, 0.717) is 17.0 Å². The average Bonchev–Trinajstić information content (AvgIpc) is 3.53. The zero-order valence-corrected chi connectivity index (χ0v) is 17.9. The highest BCUT2D eigenvalue weighted by atomic mass is 19.1. The second kappa shape index (κ2) is 8.23. The lowest BCUT2D eigenvalue weighted by Gasteiger charge is -2.35. The molecule has 2 N–H and O–H groups in total. The number of aromatic amines is 1. The van der Waals surface area contributed by atoms with E-state index in [2.05, 4.69) is 25.1 Å². The molecule has 0 amide bonds. The Morgan fingerprint density at radius 3 is 2.74 bits per heavy atom. The largest absolute Gasteiger partial charge is 0.381 e. The normalized spacial score (nSPS) is 14.2. The molecular weight excluding hydrogens is 446 g/mol. The number of halogens is 2. The number of nitrogens with zero attached hydrogens (tertiary/aromatic N) is 7. The third-order valence-electron chi connectivity index (χ3n) is 5.87. The Bertz CT molecular complexity index is 1520. The van der Waals surface area contributed by atoms with Crippen molar-refractivity contribution in [1.82, 2.24) is 34.4 Å². The van der Waals surface area contributed by atoms with E-state index in [1.807, 2.05) is 0 Å². The first-order chi connectivity index (χ1) is 16.4. The topological polar surface area (TPSA) is 118 Å². The van der Waals surface area contributed by atoms with Gasteiger partial charge in [0.15, 0.2) is 5.69 Å². The van der Waals surface area contributed by atoms with E-state index in [9.17, 15) is 18.7 Å². The van der Waals surface area contributed by atoms with Crippen LogP contribution >= 0.6 is 0 Å². The van der Waals surface area contributed by atoms with E-state index < -0.39 is 28.8 Å². The highest BCUT2D eigenvalue weighted by Crippen LogP contribution is 2.36. The Morgan fingerprint density at radius 2 is 2.03 bits per heavy atom. The molecule has 0 unspecified atom stereocenters. The number of rotatable bonds is 6. The maximum absolute atomic E-state index is 14.8. The summed E-state index contributed by atoms with van der Waals surface area (Å²) in [4.78, 5) is 25.6. The summed E-state index contributed by atoms with van der Waals surface area (Å²) in [6.07, 6.45) is 7.01. The molecule has 2 atom stereocenters. The smallest absolute Gasteiger partial charge is 0.312 e. The van der Waals surface area contributed by atoms with Crippen molar-refractivity contribution < 1.29 is 18.6 Å². The Hall–Kier alpha value is -4.32. The molecule has 0 fully saturated rings. The summed E-state index contributed by atoms with van der Waals surface area (Å²) >= 11 is 0. The standard InChI is InChI=1S/C22H18F2N8O2/c1-14(22(34,8-30-11-25-9-28-30)18-5-2-15(23)6-19(18)24)31-13-27-20-7-16(32-12-26-10-29-32)3-4-17(20)21(31)33/h2-7,9-14,34H,8H2,1H3/p+1/t14-,22-/m1/s1. The molecule has 0 saturated carbocycles. The van der Waals surface area contributed by atoms with Crippen molar-refractivity contribution in [3.05, 3.63) is 95.6 Å². The molecule has 0 saturated heterocycles. The number of hydrogen-bond donors (Lipinski definition) is 2. The minimum atomic E-state index is -1.99. The summed E-state index contributed by atoms with van der Waals surface area (Å²) in [5.41, 5.74) is -1.45. The van der Waals surface area contributed by atoms with Crippen molar-refractivity contribution in [3.63, 3.8) is 0 Å². The Balaban J connectivity index is 1.62. The fraction of sp³-hybridized carbons (Fsp3) is 0.182. The van der Waals surface area contributed by atoms with Gasteiger partial charge in [-0.2, -0.15) is 10.2 Å². The summed E-state index contributed by atoms with van der Waals surface area (Å²) < 4.78 is 32.6. The number of H-pyrrole nitrogens is 1. The summed E-state index contributed by atoms with van der Waals surface area (Å²) in [6.45, 7) is 1.32. The Labute approximate surface area is 190 Å². The fourth-order valence-electron chi connectivity index (χ4n) is 3.99. The van der Waals surface area contributed by atoms with Crippen molar-refractivity contribution in [1.29, 1.82) is 0 Å². The molecule has 0 aliphatic heterocycles. The fourth-order valence-corrected chi connectivity index (χ4v) is 3.99. The second-order valence-corrected chi connectivity index (χ2v) is 7.87. The molecule has 0 aliphatic carbocycles. The molecule has 3 heterocycles. The van der Waals surface area contributed by atoms with Gasteiger partial charge in [0.2, 0.25) is 6.33 Å². The number of benzene rings is 2. The van der Waals surface area contributed by atoms with Gasteiger partial charge in [0.05, 0.1) is 29.8 Å². The number of hydrogen-bond acceptors (Lipinski definition) is 6. The van der Waals surface area contributed by atoms with Gasteiger partial charge in [0.1, 0.15) is 29.9 Å². The van der Waals surface area contributed by atoms with Gasteiger partial charge in [-0.25, -0.2) is 23.4 Å². The van der Waals surface area contributed by atoms with Crippen LogP contribution in [-0.2, 0) is 12.1 Å². The van der Waals surface area contributed by atoms with E-state index in [4.69, 9.17) is 0 Å². The monoisotopic (exact) mass is 465 g/mol. The van der Waals surface area contributed by atoms with Gasteiger partial charge in [0.25, 0.3) is 5.56 Å². The molecule has 2 aromatic carbocycles. The minimum absolute atomic E-state index is 0.185. The van der Waals surface area contributed by atoms with Gasteiger partial charge in [-0.3, -0.25) is 9.36 Å². The van der Waals surface area contributed by atoms with Gasteiger partial charge in [0, 0.05) is 17.7 Å². The highest BCUT2D eigenvalue weighted by molar-refractivity contribution is 5.78. The lowest BCUT2D eigenvalue weighted by molar-refractivity contribution is -0.656. The van der Waals surface area contributed by atoms with Crippen LogP contribution in [0.5, 0.6) is 0 Å². The van der Waals surface area contributed by atoms with Gasteiger partial charge in [-0.15, -0.1) is 4.68 Å². The van der Waals surface area contributed by atoms with Gasteiger partial charge >= 0.3 is 6.33 Å². The zero-order chi connectivity index (χ0) is 23.9. The highest BCUT2D eigenvalue weighted by Gasteiger charge is 2.41. The van der Waals surface area contributed by atoms with Crippen LogP contribution in [0.15, 0.2) is 72.8 Å². The number of aromatic nitrogens is 8. The van der Waals surface area contributed by atoms with Crippen LogP contribution < -0.4 is 10.2 Å². The molecule has 12 heteroatoms. The molecule has 0 aliphatic rings. The van der Waals surface area contributed by atoms with Crippen LogP contribution in [0, 0.1) is 11.6 Å². The van der Waals surface area contributed by atoms with Crippen LogP contribution in [0.4, 0.5) is 8.78 Å². The Kier molecular flexibility index (Phi) is 5.21. The van der Waals surface area contributed by atoms with E-state index >= 15 is 0 Å². The predicted molar refractivity (Wildman–Crippen MR) is 115 cm³/mol. The summed E-state index contributed by atoms with van der Waals surface area (Å²) in [6, 6.07) is 6.93. The molecule has 3 aromatic heterocycles. The molecule has 172 valence electrons. The van der Waals surface area contributed by atoms with Crippen molar-refractivity contribution in [3.8, 4) is 5.69 Å². The molecule has 5 aromatic rings. The van der Waals surface area contributed by atoms with Crippen molar-refractivity contribution in [2.75, 3.05) is 0 Å². The molecular formula is C22H19F2N8O2+. The minimum Gasteiger partial charge on any atom is -0.381 e. The third kappa shape index (κ3) is 3.63. The third-order valence-corrected chi connectivity index (χ3v) is 5.87. The van der Waals surface area contributed by atoms with E-state index in [1.54, 1.807) is 36.1 Å². The van der Waals surface area contributed by atoms with Gasteiger partial charge in [-0.05, 0) is 30.1 Å². The summed E-state index contributed by atoms with van der Waals surface area (Å²) in [7, 11) is 0. The van der Waals surface area contributed by atoms with Crippen LogP contribution in [0.3, 0.4) is 0 Å². The molecule has 10 nitrogen and oxygen atoms in total. The van der Waals surface area contributed by atoms with E-state index in [0.717, 1.165) is 17.8 Å². The maximum atomic E-state index is 14.8. The molecule has 0 radical (unpaired) electrons. The first kappa shape index (κ1) is 21.5. The number of aliphatic hydroxyl groups is 1. The van der Waals surface area contributed by atoms with Crippen LogP contribution in [0.2, 0.25) is 0 Å². The molecule has 0 spiro atoms. The maximum Gasteiger partial charge on any atom is 0.312 e. The Morgan fingerprint density at radius 1 is 1.18 bits per heavy atom. The first-order valence-electron chi connectivity index (χ1n) is 10.3. The van der Waals surface area contributed by atoms with E-state index in [1.165, 1.54) is 34.6 Å². The van der Waals surface area contributed by atoms with Crippen molar-refractivity contribution in [2.45, 2.75) is 25.1 Å². The van der Waals surface area contributed by atoms with Crippen LogP contribution in [0.25, 0.3) is 16.6 Å². The van der Waals surface area contributed by atoms with Crippen LogP contribution in [0.1, 0.15) is 18.5 Å². The molecule has 0 bridgehead atoms. The predicted octanol–water partition coefficient (Wildman–Crippen LogP) is 1.41. The van der Waals surface area contributed by atoms with Crippen molar-refractivity contribution >= 4 is 10.9 Å². The first-order valence-corrected chi connectivity index (χ1v) is 10.3. The van der Waals surface area contributed by atoms with Crippen molar-refractivity contribution in [2.24, 2.45) is 0 Å². The van der Waals surface area contributed by atoms with Gasteiger partial charge in [-0.1, -0.05) is 6.07 Å². The average molecular weight is 465 g/mol. The zero-order valence-electron chi connectivity index (χ0n) is 17.9. The van der Waals surface area contributed by atoms with Gasteiger partial charge < -0.3 is 5.11 Å². The second-order valence-electron chi connectivity index (χ2n) is 7.87. The number of nitrogens with one attached hydrogen (secondary N) is 1. The van der Waals surface area contributed by atoms with E-state index in [-0.39, 0.29) is 12.1 Å². The molecule has 5 rings (SSSR count). The quantitative estimate of drug-likeness (QED) is 0.366. The molecule has 34 heavy (non-hydrogen) atoms. The SMILES string of the molecule is C[C@@H](n1cnc2cc(-[n+]3cnc[nH]3)ccc2c1=O)[C@](O)(Cn1cncn1)c1ccc(F)cc1F.